The van der Waals surface area contributed by atoms with Gasteiger partial charge >= 0.3 is 0 Å². The molecule has 0 aromatic carbocycles. The number of nitrogens with zero attached hydrogens (tertiary/aromatic N) is 2. The van der Waals surface area contributed by atoms with Gasteiger partial charge in [-0.2, -0.15) is 0 Å². The number of hydrogen-bond acceptors (Lipinski definition) is 1. The molecule has 1 fully saturated rings. The molecule has 24 heavy (non-hydrogen) atoms. The highest BCUT2D eigenvalue weighted by Crippen LogP contribution is 2.29. The third kappa shape index (κ3) is 8.26. The molecule has 4 heteroatoms. The highest BCUT2D eigenvalue weighted by Gasteiger charge is 2.24. The Bertz CT molecular complexity index is 463. The first-order chi connectivity index (χ1) is 10.8. The van der Waals surface area contributed by atoms with Crippen molar-refractivity contribution in [1.82, 2.24) is 4.90 Å². The van der Waals surface area contributed by atoms with Crippen molar-refractivity contribution in [2.24, 2.45) is 0 Å². The Hall–Kier alpha value is -0.190. The molecule has 0 radical (unpaired) electrons. The first-order valence-electron chi connectivity index (χ1n) is 9.15. The highest BCUT2D eigenvalue weighted by molar-refractivity contribution is 8.93. The highest BCUT2D eigenvalue weighted by atomic mass is 79.9. The van der Waals surface area contributed by atoms with Crippen molar-refractivity contribution in [2.75, 3.05) is 13.6 Å². The molecule has 1 aliphatic rings. The molecule has 138 valence electrons. The van der Waals surface area contributed by atoms with Gasteiger partial charge in [0.15, 0.2) is 12.4 Å². The van der Waals surface area contributed by atoms with Gasteiger partial charge in [0.2, 0.25) is 0 Å². The lowest BCUT2D eigenvalue weighted by atomic mass is 10.1. The molecular formula is C20H34Br2N2. The fraction of sp³-hybridized carbons (Fsp3) is 0.650. The second-order valence-electron chi connectivity index (χ2n) is 6.62. The van der Waals surface area contributed by atoms with E-state index >= 15 is 0 Å². The third-order valence-electron chi connectivity index (χ3n) is 4.71. The molecular weight excluding hydrogens is 428 g/mol. The van der Waals surface area contributed by atoms with Crippen LogP contribution in [0.15, 0.2) is 36.7 Å². The summed E-state index contributed by atoms with van der Waals surface area (Å²) in [6, 6.07) is 5.13. The van der Waals surface area contributed by atoms with Crippen molar-refractivity contribution in [2.45, 2.75) is 70.9 Å². The van der Waals surface area contributed by atoms with E-state index in [0.717, 1.165) is 6.54 Å². The van der Waals surface area contributed by atoms with Crippen LogP contribution >= 0.6 is 17.0 Å². The lowest BCUT2D eigenvalue weighted by Gasteiger charge is -2.18. The monoisotopic (exact) mass is 460 g/mol. The molecule has 0 bridgehead atoms. The topological polar surface area (TPSA) is 7.12 Å². The largest absolute Gasteiger partial charge is 1.00 e. The van der Waals surface area contributed by atoms with Gasteiger partial charge < -0.3 is 17.0 Å². The minimum atomic E-state index is 0. The molecule has 0 aliphatic carbocycles. The summed E-state index contributed by atoms with van der Waals surface area (Å²) in [6.45, 7) is 4.63. The first kappa shape index (κ1) is 23.8. The predicted octanol–water partition coefficient (Wildman–Crippen LogP) is 2.24. The molecule has 0 spiro atoms. The maximum absolute atomic E-state index is 2.48. The van der Waals surface area contributed by atoms with Crippen LogP contribution < -0.4 is 21.5 Å². The molecule has 1 unspecified atom stereocenters. The van der Waals surface area contributed by atoms with Crippen LogP contribution in [0.3, 0.4) is 0 Å². The molecule has 1 saturated heterocycles. The number of aromatic nitrogens is 1. The number of likely N-dealkylation sites (tertiary alicyclic amines) is 1. The number of unbranched alkanes of at least 4 members (excludes halogenated alkanes) is 4. The average molecular weight is 462 g/mol. The summed E-state index contributed by atoms with van der Waals surface area (Å²) in [5.74, 6) is 0. The van der Waals surface area contributed by atoms with Crippen molar-refractivity contribution >= 4 is 17.0 Å². The van der Waals surface area contributed by atoms with E-state index in [-0.39, 0.29) is 34.0 Å². The van der Waals surface area contributed by atoms with Crippen molar-refractivity contribution in [3.05, 3.63) is 42.2 Å². The summed E-state index contributed by atoms with van der Waals surface area (Å²) in [4.78, 5) is 2.48. The molecule has 0 saturated carbocycles. The second-order valence-corrected chi connectivity index (χ2v) is 6.62. The van der Waals surface area contributed by atoms with E-state index in [0.29, 0.717) is 6.04 Å². The van der Waals surface area contributed by atoms with Gasteiger partial charge in [0.25, 0.3) is 0 Å². The minimum Gasteiger partial charge on any atom is -1.00 e. The van der Waals surface area contributed by atoms with Crippen LogP contribution in [0, 0.1) is 0 Å². The standard InChI is InChI=1S/C20H33N2.2BrH/c1-3-4-5-6-7-8-9-10-16-22-17-11-13-19(18-22)20-14-12-15-21(20)2;;/h7-8,11,13,17-18,20H,3-6,9-10,12,14-16H2,1-2H3;2*1H/q+1;;/p-1/b8-7-;;. The van der Waals surface area contributed by atoms with Gasteiger partial charge in [-0.1, -0.05) is 31.9 Å². The summed E-state index contributed by atoms with van der Waals surface area (Å²) in [7, 11) is 2.25. The number of aryl methyl sites for hydroxylation is 1. The average Bonchev–Trinajstić information content (AvgIpc) is 2.96. The molecule has 1 atom stereocenters. The quantitative estimate of drug-likeness (QED) is 0.310. The van der Waals surface area contributed by atoms with Crippen LogP contribution in [0.5, 0.6) is 0 Å². The Balaban J connectivity index is 0.00000264. The van der Waals surface area contributed by atoms with Crippen molar-refractivity contribution < 1.29 is 21.5 Å². The van der Waals surface area contributed by atoms with Gasteiger partial charge in [0.05, 0.1) is 0 Å². The molecule has 2 nitrogen and oxygen atoms in total. The van der Waals surface area contributed by atoms with E-state index in [4.69, 9.17) is 0 Å². The van der Waals surface area contributed by atoms with Crippen molar-refractivity contribution in [3.63, 3.8) is 0 Å². The predicted molar refractivity (Wildman–Crippen MR) is 104 cm³/mol. The van der Waals surface area contributed by atoms with Crippen LogP contribution in [0.2, 0.25) is 0 Å². The SMILES string of the molecule is Br.CCCCC/C=C\CCC[n+]1cccc(C2CCCN2C)c1.[Br-]. The molecule has 2 heterocycles. The maximum Gasteiger partial charge on any atom is 0.173 e. The van der Waals surface area contributed by atoms with Gasteiger partial charge in [-0.3, -0.25) is 4.90 Å². The van der Waals surface area contributed by atoms with Crippen molar-refractivity contribution in [1.29, 1.82) is 0 Å². The first-order valence-corrected chi connectivity index (χ1v) is 9.15. The Morgan fingerprint density at radius 2 is 1.96 bits per heavy atom. The number of halogens is 2. The molecule has 0 N–H and O–H groups in total. The number of hydrogen-bond donors (Lipinski definition) is 0. The van der Waals surface area contributed by atoms with E-state index in [1.807, 2.05) is 0 Å². The Morgan fingerprint density at radius 1 is 1.21 bits per heavy atom. The summed E-state index contributed by atoms with van der Waals surface area (Å²) in [5, 5.41) is 0. The van der Waals surface area contributed by atoms with Crippen LogP contribution in [0.4, 0.5) is 0 Å². The zero-order chi connectivity index (χ0) is 15.6. The fourth-order valence-electron chi connectivity index (χ4n) is 3.35. The summed E-state index contributed by atoms with van der Waals surface area (Å²) >= 11 is 0. The Labute approximate surface area is 169 Å². The number of allylic oxidation sites excluding steroid dienone is 2. The number of pyridine rings is 1. The van der Waals surface area contributed by atoms with Crippen LogP contribution in [0.1, 0.15) is 69.9 Å². The van der Waals surface area contributed by atoms with Gasteiger partial charge in [0.1, 0.15) is 6.54 Å². The van der Waals surface area contributed by atoms with E-state index in [2.05, 4.69) is 60.1 Å². The zero-order valence-corrected chi connectivity index (χ0v) is 18.6. The fourth-order valence-corrected chi connectivity index (χ4v) is 3.35. The normalized spacial score (nSPS) is 17.7. The third-order valence-corrected chi connectivity index (χ3v) is 4.71. The van der Waals surface area contributed by atoms with Crippen molar-refractivity contribution in [3.8, 4) is 0 Å². The van der Waals surface area contributed by atoms with Gasteiger partial charge in [0, 0.05) is 24.1 Å². The smallest absolute Gasteiger partial charge is 0.173 e. The van der Waals surface area contributed by atoms with Crippen LogP contribution in [0.25, 0.3) is 0 Å². The minimum absolute atomic E-state index is 0. The summed E-state index contributed by atoms with van der Waals surface area (Å²) in [6.07, 6.45) is 19.7. The Kier molecular flexibility index (Phi) is 13.9. The van der Waals surface area contributed by atoms with Crippen LogP contribution in [-0.2, 0) is 6.54 Å². The molecule has 2 rings (SSSR count). The van der Waals surface area contributed by atoms with Crippen LogP contribution in [-0.4, -0.2) is 18.5 Å². The van der Waals surface area contributed by atoms with E-state index in [1.165, 1.54) is 63.5 Å². The number of rotatable bonds is 9. The second kappa shape index (κ2) is 14.0. The molecule has 1 aromatic rings. The molecule has 1 aromatic heterocycles. The Morgan fingerprint density at radius 3 is 2.62 bits per heavy atom. The molecule has 1 aliphatic heterocycles. The van der Waals surface area contributed by atoms with Gasteiger partial charge in [-0.05, 0) is 51.8 Å². The lowest BCUT2D eigenvalue weighted by molar-refractivity contribution is -0.697. The van der Waals surface area contributed by atoms with Gasteiger partial charge in [-0.15, -0.1) is 17.0 Å². The molecule has 0 amide bonds. The van der Waals surface area contributed by atoms with E-state index in [9.17, 15) is 0 Å². The van der Waals surface area contributed by atoms with E-state index in [1.54, 1.807) is 0 Å². The summed E-state index contributed by atoms with van der Waals surface area (Å²) < 4.78 is 2.37. The maximum atomic E-state index is 2.48. The van der Waals surface area contributed by atoms with Gasteiger partial charge in [-0.25, -0.2) is 4.57 Å². The summed E-state index contributed by atoms with van der Waals surface area (Å²) in [5.41, 5.74) is 1.48. The zero-order valence-electron chi connectivity index (χ0n) is 15.3. The van der Waals surface area contributed by atoms with E-state index < -0.39 is 0 Å². The lowest BCUT2D eigenvalue weighted by Crippen LogP contribution is -3.00.